The van der Waals surface area contributed by atoms with Crippen LogP contribution in [0.4, 0.5) is 5.95 Å². The minimum Gasteiger partial charge on any atom is -0.363 e. The molecule has 1 aliphatic rings. The number of amides is 1. The fourth-order valence-electron chi connectivity index (χ4n) is 2.10. The van der Waals surface area contributed by atoms with E-state index >= 15 is 0 Å². The Morgan fingerprint density at radius 2 is 2.22 bits per heavy atom. The molecule has 3 heterocycles. The molecule has 7 nitrogen and oxygen atoms in total. The Labute approximate surface area is 103 Å². The van der Waals surface area contributed by atoms with Gasteiger partial charge in [0.15, 0.2) is 0 Å². The maximum atomic E-state index is 11.1. The molecule has 2 aromatic heterocycles. The summed E-state index contributed by atoms with van der Waals surface area (Å²) < 4.78 is 1.71. The first kappa shape index (κ1) is 10.7. The Hall–Kier alpha value is -2.44. The quantitative estimate of drug-likeness (QED) is 0.785. The molecule has 0 bridgehead atoms. The highest BCUT2D eigenvalue weighted by atomic mass is 16.1. The van der Waals surface area contributed by atoms with Gasteiger partial charge in [-0.2, -0.15) is 4.98 Å². The number of hydrogen-bond donors (Lipinski definition) is 2. The van der Waals surface area contributed by atoms with Crippen LogP contribution in [-0.4, -0.2) is 32.2 Å². The van der Waals surface area contributed by atoms with E-state index in [4.69, 9.17) is 5.73 Å². The van der Waals surface area contributed by atoms with Gasteiger partial charge in [0.25, 0.3) is 5.91 Å². The van der Waals surface area contributed by atoms with Crippen molar-refractivity contribution in [1.82, 2.24) is 19.7 Å². The Balaban J connectivity index is 2.04. The van der Waals surface area contributed by atoms with Gasteiger partial charge in [-0.25, -0.2) is 4.68 Å². The fraction of sp³-hybridized carbons (Fsp3) is 0.273. The van der Waals surface area contributed by atoms with E-state index < -0.39 is 5.91 Å². The Morgan fingerprint density at radius 1 is 1.44 bits per heavy atom. The second-order valence-corrected chi connectivity index (χ2v) is 4.08. The molecule has 3 N–H and O–H groups in total. The van der Waals surface area contributed by atoms with Crippen LogP contribution in [0.1, 0.15) is 28.6 Å². The molecule has 0 saturated carbocycles. The summed E-state index contributed by atoms with van der Waals surface area (Å²) in [6.07, 6.45) is 4.35. The minimum absolute atomic E-state index is 0.0402. The third-order valence-corrected chi connectivity index (χ3v) is 2.94. The Bertz CT molecular complexity index is 578. The van der Waals surface area contributed by atoms with Crippen LogP contribution < -0.4 is 11.1 Å². The topological polar surface area (TPSA) is 98.7 Å². The van der Waals surface area contributed by atoms with Gasteiger partial charge in [-0.3, -0.25) is 9.78 Å². The highest BCUT2D eigenvalue weighted by molar-refractivity contribution is 5.89. The van der Waals surface area contributed by atoms with Crippen LogP contribution in [0.25, 0.3) is 0 Å². The van der Waals surface area contributed by atoms with E-state index in [2.05, 4.69) is 20.4 Å². The van der Waals surface area contributed by atoms with Gasteiger partial charge in [-0.15, -0.1) is 5.10 Å². The molecule has 18 heavy (non-hydrogen) atoms. The zero-order chi connectivity index (χ0) is 12.5. The molecule has 1 aliphatic heterocycles. The van der Waals surface area contributed by atoms with E-state index in [-0.39, 0.29) is 11.9 Å². The summed E-state index contributed by atoms with van der Waals surface area (Å²) in [6, 6.07) is 3.93. The number of carbonyl (C=O) groups excluding carboxylic acids is 1. The van der Waals surface area contributed by atoms with Gasteiger partial charge in [-0.05, 0) is 24.1 Å². The summed E-state index contributed by atoms with van der Waals surface area (Å²) in [5, 5.41) is 7.26. The number of nitrogens with two attached hydrogens (primary N) is 1. The molecular weight excluding hydrogens is 232 g/mol. The molecule has 0 aliphatic carbocycles. The molecule has 0 radical (unpaired) electrons. The van der Waals surface area contributed by atoms with Crippen molar-refractivity contribution in [2.45, 2.75) is 12.5 Å². The number of hydrogen-bond acceptors (Lipinski definition) is 5. The van der Waals surface area contributed by atoms with Crippen LogP contribution in [-0.2, 0) is 0 Å². The molecule has 0 fully saturated rings. The number of pyridine rings is 1. The molecule has 7 heteroatoms. The highest BCUT2D eigenvalue weighted by Crippen LogP contribution is 2.27. The molecule has 92 valence electrons. The number of carbonyl (C=O) groups is 1. The minimum atomic E-state index is -0.618. The maximum absolute atomic E-state index is 11.1. The van der Waals surface area contributed by atoms with Crippen molar-refractivity contribution in [3.05, 3.63) is 35.9 Å². The number of nitrogens with zero attached hydrogens (tertiary/aromatic N) is 4. The highest BCUT2D eigenvalue weighted by Gasteiger charge is 2.25. The van der Waals surface area contributed by atoms with Crippen molar-refractivity contribution >= 4 is 11.9 Å². The van der Waals surface area contributed by atoms with E-state index in [1.54, 1.807) is 17.1 Å². The van der Waals surface area contributed by atoms with Crippen LogP contribution in [0.5, 0.6) is 0 Å². The van der Waals surface area contributed by atoms with E-state index in [9.17, 15) is 4.79 Å². The molecule has 1 unspecified atom stereocenters. The summed E-state index contributed by atoms with van der Waals surface area (Å²) in [7, 11) is 0. The third kappa shape index (κ3) is 1.69. The van der Waals surface area contributed by atoms with Crippen LogP contribution in [0.3, 0.4) is 0 Å². The van der Waals surface area contributed by atoms with Crippen LogP contribution in [0.15, 0.2) is 24.5 Å². The van der Waals surface area contributed by atoms with Gasteiger partial charge in [0, 0.05) is 18.9 Å². The second-order valence-electron chi connectivity index (χ2n) is 4.08. The van der Waals surface area contributed by atoms with Gasteiger partial charge in [0.2, 0.25) is 11.8 Å². The van der Waals surface area contributed by atoms with Gasteiger partial charge in [-0.1, -0.05) is 0 Å². The van der Waals surface area contributed by atoms with Crippen LogP contribution in [0, 0.1) is 0 Å². The van der Waals surface area contributed by atoms with Crippen molar-refractivity contribution < 1.29 is 4.79 Å². The summed E-state index contributed by atoms with van der Waals surface area (Å²) in [4.78, 5) is 19.2. The first-order chi connectivity index (χ1) is 8.75. The maximum Gasteiger partial charge on any atom is 0.288 e. The van der Waals surface area contributed by atoms with Crippen molar-refractivity contribution in [2.75, 3.05) is 11.9 Å². The normalized spacial score (nSPS) is 17.9. The largest absolute Gasteiger partial charge is 0.363 e. The number of fused-ring (bicyclic) bond motifs is 1. The van der Waals surface area contributed by atoms with E-state index in [0.717, 1.165) is 18.5 Å². The smallest absolute Gasteiger partial charge is 0.288 e. The lowest BCUT2D eigenvalue weighted by molar-refractivity contribution is 0.0990. The predicted octanol–water partition coefficient (Wildman–Crippen LogP) is 0.177. The first-order valence-electron chi connectivity index (χ1n) is 5.66. The first-order valence-corrected chi connectivity index (χ1v) is 5.66. The molecule has 0 spiro atoms. The molecular formula is C11H12N6O. The Morgan fingerprint density at radius 3 is 2.94 bits per heavy atom. The summed E-state index contributed by atoms with van der Waals surface area (Å²) in [6.45, 7) is 0.782. The number of primary amides is 1. The summed E-state index contributed by atoms with van der Waals surface area (Å²) >= 11 is 0. The van der Waals surface area contributed by atoms with Gasteiger partial charge in [0.05, 0.1) is 6.04 Å². The zero-order valence-corrected chi connectivity index (χ0v) is 9.58. The molecule has 3 rings (SSSR count). The average Bonchev–Trinajstić information content (AvgIpc) is 2.83. The second kappa shape index (κ2) is 4.10. The molecule has 1 amide bonds. The third-order valence-electron chi connectivity index (χ3n) is 2.94. The number of nitrogens with one attached hydrogen (secondary N) is 1. The van der Waals surface area contributed by atoms with Crippen molar-refractivity contribution in [2.24, 2.45) is 5.73 Å². The van der Waals surface area contributed by atoms with Crippen molar-refractivity contribution in [3.8, 4) is 0 Å². The van der Waals surface area contributed by atoms with Crippen molar-refractivity contribution in [3.63, 3.8) is 0 Å². The predicted molar refractivity (Wildman–Crippen MR) is 64.0 cm³/mol. The summed E-state index contributed by atoms with van der Waals surface area (Å²) in [5.74, 6) is 0.00231. The van der Waals surface area contributed by atoms with E-state index in [0.29, 0.717) is 5.95 Å². The zero-order valence-electron chi connectivity index (χ0n) is 9.58. The lowest BCUT2D eigenvalue weighted by Crippen LogP contribution is -2.24. The SMILES string of the molecule is NC(=O)c1nc2n(n1)C(c1ccncc1)CCN2. The number of anilines is 1. The van der Waals surface area contributed by atoms with E-state index in [1.165, 1.54) is 0 Å². The monoisotopic (exact) mass is 244 g/mol. The van der Waals surface area contributed by atoms with Gasteiger partial charge < -0.3 is 11.1 Å². The summed E-state index contributed by atoms with van der Waals surface area (Å²) in [5.41, 5.74) is 6.29. The standard InChI is InChI=1S/C11H12N6O/c12-9(18)10-15-11-14-6-3-8(17(11)16-10)7-1-4-13-5-2-7/h1-2,4-5,8H,3,6H2,(H2,12,18)(H,14,15,16). The lowest BCUT2D eigenvalue weighted by atomic mass is 10.0. The average molecular weight is 244 g/mol. The molecule has 0 saturated heterocycles. The number of rotatable bonds is 2. The lowest BCUT2D eigenvalue weighted by Gasteiger charge is -2.24. The molecule has 1 atom stereocenters. The van der Waals surface area contributed by atoms with Gasteiger partial charge in [0.1, 0.15) is 0 Å². The van der Waals surface area contributed by atoms with E-state index in [1.807, 2.05) is 12.1 Å². The number of aromatic nitrogens is 4. The Kier molecular flexibility index (Phi) is 2.44. The fourth-order valence-corrected chi connectivity index (χ4v) is 2.10. The van der Waals surface area contributed by atoms with Crippen LogP contribution in [0.2, 0.25) is 0 Å². The van der Waals surface area contributed by atoms with Gasteiger partial charge >= 0.3 is 0 Å². The van der Waals surface area contributed by atoms with Crippen molar-refractivity contribution in [1.29, 1.82) is 0 Å². The molecule has 2 aromatic rings. The molecule has 0 aromatic carbocycles. The van der Waals surface area contributed by atoms with Crippen LogP contribution >= 0.6 is 0 Å².